The summed E-state index contributed by atoms with van der Waals surface area (Å²) in [7, 11) is 0. The van der Waals surface area contributed by atoms with Gasteiger partial charge in [-0.25, -0.2) is 9.59 Å². The van der Waals surface area contributed by atoms with Gasteiger partial charge in [-0.05, 0) is 65.1 Å². The van der Waals surface area contributed by atoms with Gasteiger partial charge in [0, 0.05) is 14.3 Å². The van der Waals surface area contributed by atoms with Crippen molar-refractivity contribution in [3.05, 3.63) is 56.6 Å². The summed E-state index contributed by atoms with van der Waals surface area (Å²) in [6, 6.07) is 10.8. The molecule has 0 unspecified atom stereocenters. The second-order valence-corrected chi connectivity index (χ2v) is 5.76. The van der Waals surface area contributed by atoms with Crippen LogP contribution >= 0.6 is 34.2 Å². The van der Waals surface area contributed by atoms with Gasteiger partial charge in [0.05, 0.1) is 11.3 Å². The van der Waals surface area contributed by atoms with Gasteiger partial charge in [0.15, 0.2) is 0 Å². The zero-order chi connectivity index (χ0) is 15.4. The van der Waals surface area contributed by atoms with Crippen LogP contribution in [0.5, 0.6) is 0 Å². The molecule has 0 aliphatic rings. The van der Waals surface area contributed by atoms with E-state index in [0.717, 1.165) is 3.57 Å². The van der Waals surface area contributed by atoms with Crippen molar-refractivity contribution in [3.63, 3.8) is 0 Å². The maximum absolute atomic E-state index is 11.9. The molecule has 108 valence electrons. The van der Waals surface area contributed by atoms with Crippen LogP contribution in [0.1, 0.15) is 10.4 Å². The van der Waals surface area contributed by atoms with E-state index in [1.54, 1.807) is 36.4 Å². The van der Waals surface area contributed by atoms with Crippen molar-refractivity contribution in [2.45, 2.75) is 0 Å². The van der Waals surface area contributed by atoms with Crippen LogP contribution < -0.4 is 10.6 Å². The monoisotopic (exact) mass is 416 g/mol. The first-order valence-electron chi connectivity index (χ1n) is 5.82. The quantitative estimate of drug-likeness (QED) is 0.653. The number of carboxylic acids is 1. The summed E-state index contributed by atoms with van der Waals surface area (Å²) < 4.78 is 0.772. The molecule has 2 aromatic carbocycles. The average molecular weight is 417 g/mol. The molecule has 0 aliphatic heterocycles. The van der Waals surface area contributed by atoms with Crippen molar-refractivity contribution in [2.24, 2.45) is 0 Å². The number of halogens is 2. The van der Waals surface area contributed by atoms with E-state index in [1.165, 1.54) is 6.07 Å². The Balaban J connectivity index is 2.12. The summed E-state index contributed by atoms with van der Waals surface area (Å²) in [5.74, 6) is -1.10. The molecule has 0 aromatic heterocycles. The maximum atomic E-state index is 11.9. The molecule has 2 rings (SSSR count). The first kappa shape index (κ1) is 15.6. The Bertz CT molecular complexity index is 689. The third-order valence-corrected chi connectivity index (χ3v) is 3.49. The summed E-state index contributed by atoms with van der Waals surface area (Å²) >= 11 is 7.76. The number of anilines is 2. The van der Waals surface area contributed by atoms with Crippen LogP contribution in [0.4, 0.5) is 16.2 Å². The highest BCUT2D eigenvalue weighted by Gasteiger charge is 2.13. The number of rotatable bonds is 3. The maximum Gasteiger partial charge on any atom is 0.337 e. The number of nitrogens with one attached hydrogen (secondary N) is 2. The van der Waals surface area contributed by atoms with Gasteiger partial charge < -0.3 is 15.7 Å². The van der Waals surface area contributed by atoms with Gasteiger partial charge in [0.1, 0.15) is 0 Å². The normalized spacial score (nSPS) is 10.0. The molecular formula is C14H10ClIN2O3. The van der Waals surface area contributed by atoms with Gasteiger partial charge in [0.25, 0.3) is 0 Å². The van der Waals surface area contributed by atoms with Crippen molar-refractivity contribution in [1.29, 1.82) is 0 Å². The Hall–Kier alpha value is -1.80. The summed E-state index contributed by atoms with van der Waals surface area (Å²) in [4.78, 5) is 23.0. The number of carbonyl (C=O) groups excluding carboxylic acids is 1. The third kappa shape index (κ3) is 4.33. The summed E-state index contributed by atoms with van der Waals surface area (Å²) in [6.45, 7) is 0. The minimum Gasteiger partial charge on any atom is -0.478 e. The van der Waals surface area contributed by atoms with Crippen LogP contribution in [0.15, 0.2) is 42.5 Å². The highest BCUT2D eigenvalue weighted by Crippen LogP contribution is 2.20. The molecule has 21 heavy (non-hydrogen) atoms. The van der Waals surface area contributed by atoms with Crippen LogP contribution in [0.2, 0.25) is 5.02 Å². The molecule has 7 heteroatoms. The highest BCUT2D eigenvalue weighted by atomic mass is 127. The number of carboxylic acid groups (broad SMARTS) is 1. The molecular weight excluding hydrogens is 407 g/mol. The topological polar surface area (TPSA) is 78.4 Å². The van der Waals surface area contributed by atoms with Gasteiger partial charge in [-0.3, -0.25) is 0 Å². The van der Waals surface area contributed by atoms with Crippen LogP contribution in [-0.4, -0.2) is 17.1 Å². The molecule has 0 radical (unpaired) electrons. The van der Waals surface area contributed by atoms with E-state index in [0.29, 0.717) is 10.7 Å². The van der Waals surface area contributed by atoms with Crippen LogP contribution in [0, 0.1) is 3.57 Å². The lowest BCUT2D eigenvalue weighted by Gasteiger charge is -2.10. The van der Waals surface area contributed by atoms with Crippen LogP contribution in [0.25, 0.3) is 0 Å². The fraction of sp³-hybridized carbons (Fsp3) is 0. The Labute approximate surface area is 139 Å². The van der Waals surface area contributed by atoms with E-state index < -0.39 is 12.0 Å². The molecule has 2 aromatic rings. The van der Waals surface area contributed by atoms with Gasteiger partial charge in [-0.2, -0.15) is 0 Å². The summed E-state index contributed by atoms with van der Waals surface area (Å²) in [6.07, 6.45) is 0. The smallest absolute Gasteiger partial charge is 0.337 e. The van der Waals surface area contributed by atoms with Gasteiger partial charge in [-0.15, -0.1) is 0 Å². The van der Waals surface area contributed by atoms with Crippen molar-refractivity contribution in [1.82, 2.24) is 0 Å². The van der Waals surface area contributed by atoms with Crippen molar-refractivity contribution < 1.29 is 14.7 Å². The number of aromatic carboxylic acids is 1. The van der Waals surface area contributed by atoms with Gasteiger partial charge >= 0.3 is 12.0 Å². The molecule has 5 nitrogen and oxygen atoms in total. The molecule has 0 fully saturated rings. The number of benzene rings is 2. The standard InChI is InChI=1S/C14H10ClIN2O3/c15-8-1-4-10(5-2-8)17-14(21)18-12-6-3-9(16)7-11(12)13(19)20/h1-7H,(H,19,20)(H2,17,18,21). The fourth-order valence-corrected chi connectivity index (χ4v) is 2.24. The third-order valence-electron chi connectivity index (χ3n) is 2.56. The lowest BCUT2D eigenvalue weighted by Crippen LogP contribution is -2.21. The van der Waals surface area contributed by atoms with E-state index in [9.17, 15) is 9.59 Å². The molecule has 0 heterocycles. The Kier molecular flexibility index (Phi) is 5.03. The lowest BCUT2D eigenvalue weighted by atomic mass is 10.2. The fourth-order valence-electron chi connectivity index (χ4n) is 1.62. The highest BCUT2D eigenvalue weighted by molar-refractivity contribution is 14.1. The molecule has 0 saturated heterocycles. The van der Waals surface area contributed by atoms with E-state index in [2.05, 4.69) is 10.6 Å². The first-order chi connectivity index (χ1) is 9.95. The molecule has 0 spiro atoms. The lowest BCUT2D eigenvalue weighted by molar-refractivity contribution is 0.0698. The van der Waals surface area contributed by atoms with E-state index in [1.807, 2.05) is 22.6 Å². The van der Waals surface area contributed by atoms with E-state index in [4.69, 9.17) is 16.7 Å². The molecule has 2 amide bonds. The number of urea groups is 1. The zero-order valence-corrected chi connectivity index (χ0v) is 13.5. The Morgan fingerprint density at radius 2 is 1.71 bits per heavy atom. The number of hydrogen-bond acceptors (Lipinski definition) is 2. The van der Waals surface area contributed by atoms with Crippen LogP contribution in [0.3, 0.4) is 0 Å². The second kappa shape index (κ2) is 6.77. The van der Waals surface area contributed by atoms with E-state index in [-0.39, 0.29) is 11.3 Å². The Morgan fingerprint density at radius 1 is 1.05 bits per heavy atom. The van der Waals surface area contributed by atoms with Crippen molar-refractivity contribution in [3.8, 4) is 0 Å². The average Bonchev–Trinajstić information content (AvgIpc) is 2.43. The predicted molar refractivity (Wildman–Crippen MR) is 90.2 cm³/mol. The van der Waals surface area contributed by atoms with E-state index >= 15 is 0 Å². The second-order valence-electron chi connectivity index (χ2n) is 4.08. The number of hydrogen-bond donors (Lipinski definition) is 3. The summed E-state index contributed by atoms with van der Waals surface area (Å²) in [5, 5.41) is 14.8. The number of amides is 2. The SMILES string of the molecule is O=C(Nc1ccc(Cl)cc1)Nc1ccc(I)cc1C(=O)O. The first-order valence-corrected chi connectivity index (χ1v) is 7.28. The van der Waals surface area contributed by atoms with Crippen molar-refractivity contribution in [2.75, 3.05) is 10.6 Å². The minimum atomic E-state index is -1.10. The molecule has 0 saturated carbocycles. The van der Waals surface area contributed by atoms with Gasteiger partial charge in [0.2, 0.25) is 0 Å². The molecule has 0 bridgehead atoms. The molecule has 0 aliphatic carbocycles. The van der Waals surface area contributed by atoms with Crippen LogP contribution in [-0.2, 0) is 0 Å². The predicted octanol–water partition coefficient (Wildman–Crippen LogP) is 4.29. The van der Waals surface area contributed by atoms with Gasteiger partial charge in [-0.1, -0.05) is 11.6 Å². The minimum absolute atomic E-state index is 0.0353. The Morgan fingerprint density at radius 3 is 2.33 bits per heavy atom. The molecule has 0 atom stereocenters. The zero-order valence-electron chi connectivity index (χ0n) is 10.6. The largest absolute Gasteiger partial charge is 0.478 e. The summed E-state index contributed by atoms with van der Waals surface area (Å²) in [5.41, 5.74) is 0.821. The van der Waals surface area contributed by atoms with Crippen molar-refractivity contribution >= 4 is 57.6 Å². The molecule has 3 N–H and O–H groups in total. The number of carbonyl (C=O) groups is 2.